The Bertz CT molecular complexity index is 672. The second kappa shape index (κ2) is 5.91. The van der Waals surface area contributed by atoms with E-state index in [0.717, 1.165) is 31.5 Å². The third-order valence-corrected chi connectivity index (χ3v) is 4.59. The topological polar surface area (TPSA) is 42.8 Å². The number of nitriles is 1. The highest BCUT2D eigenvalue weighted by molar-refractivity contribution is 5.89. The highest BCUT2D eigenvalue weighted by Crippen LogP contribution is 2.33. The molecule has 1 heterocycles. The Balaban J connectivity index is 1.99. The molecule has 0 amide bonds. The van der Waals surface area contributed by atoms with E-state index in [0.29, 0.717) is 6.04 Å². The quantitative estimate of drug-likeness (QED) is 0.910. The van der Waals surface area contributed by atoms with Crippen LogP contribution in [0.1, 0.15) is 43.4 Å². The number of rotatable bonds is 5. The van der Waals surface area contributed by atoms with Crippen molar-refractivity contribution in [2.45, 2.75) is 45.6 Å². The van der Waals surface area contributed by atoms with Crippen molar-refractivity contribution in [2.75, 3.05) is 13.1 Å². The van der Waals surface area contributed by atoms with Crippen LogP contribution in [0.3, 0.4) is 0 Å². The van der Waals surface area contributed by atoms with Crippen LogP contribution in [0.4, 0.5) is 0 Å². The van der Waals surface area contributed by atoms with Gasteiger partial charge < -0.3 is 4.98 Å². The van der Waals surface area contributed by atoms with Gasteiger partial charge in [0.1, 0.15) is 0 Å². The minimum atomic E-state index is 0.533. The highest BCUT2D eigenvalue weighted by atomic mass is 15.1. The number of aromatic nitrogens is 1. The van der Waals surface area contributed by atoms with Crippen LogP contribution < -0.4 is 0 Å². The van der Waals surface area contributed by atoms with Crippen molar-refractivity contribution >= 4 is 10.9 Å². The fourth-order valence-corrected chi connectivity index (χ4v) is 3.72. The fourth-order valence-electron chi connectivity index (χ4n) is 3.72. The van der Waals surface area contributed by atoms with Gasteiger partial charge in [-0.1, -0.05) is 13.8 Å². The van der Waals surface area contributed by atoms with Crippen molar-refractivity contribution in [1.29, 1.82) is 5.26 Å². The van der Waals surface area contributed by atoms with Crippen molar-refractivity contribution in [3.05, 3.63) is 35.0 Å². The summed E-state index contributed by atoms with van der Waals surface area (Å²) in [7, 11) is 0. The Morgan fingerprint density at radius 3 is 2.67 bits per heavy atom. The van der Waals surface area contributed by atoms with E-state index < -0.39 is 0 Å². The molecule has 0 bridgehead atoms. The molecule has 0 spiro atoms. The van der Waals surface area contributed by atoms with Gasteiger partial charge in [-0.15, -0.1) is 0 Å². The maximum Gasteiger partial charge on any atom is 0.0994 e. The molecule has 1 N–H and O–H groups in total. The van der Waals surface area contributed by atoms with Crippen LogP contribution >= 0.6 is 0 Å². The van der Waals surface area contributed by atoms with E-state index >= 15 is 0 Å². The standard InChI is InChI=1S/C18H23N3/c1-3-7-21(8-4-2)15-9-14-12-20-17-6-5-13(11-19)16(10-15)18(14)17/h5-6,12,15,20H,3-4,7-10H2,1-2H3/t15-/m0/s1/i11+2. The molecule has 2 aromatic rings. The van der Waals surface area contributed by atoms with Gasteiger partial charge in [-0.25, -0.2) is 0 Å². The fraction of sp³-hybridized carbons (Fsp3) is 0.500. The predicted molar refractivity (Wildman–Crippen MR) is 86.4 cm³/mol. The Hall–Kier alpha value is -1.79. The molecule has 0 radical (unpaired) electrons. The summed E-state index contributed by atoms with van der Waals surface area (Å²) in [5, 5.41) is 10.7. The van der Waals surface area contributed by atoms with E-state index in [9.17, 15) is 5.26 Å². The minimum Gasteiger partial charge on any atom is -0.361 e. The third-order valence-electron chi connectivity index (χ3n) is 4.59. The number of H-pyrrole nitrogens is 1. The molecular formula is C18H23N3. The zero-order valence-electron chi connectivity index (χ0n) is 12.9. The lowest BCUT2D eigenvalue weighted by atomic mass is 9.87. The summed E-state index contributed by atoms with van der Waals surface area (Å²) in [6.07, 6.45) is 6.61. The number of nitrogens with zero attached hydrogens (tertiary/aromatic N) is 2. The first-order valence-corrected chi connectivity index (χ1v) is 8.04. The molecule has 1 atom stereocenters. The van der Waals surface area contributed by atoms with Crippen molar-refractivity contribution < 1.29 is 0 Å². The first kappa shape index (κ1) is 14.2. The molecule has 0 aliphatic heterocycles. The number of hydrogen-bond donors (Lipinski definition) is 1. The molecular weight excluding hydrogens is 260 g/mol. The van der Waals surface area contributed by atoms with Crippen LogP contribution in [0, 0.1) is 11.3 Å². The monoisotopic (exact) mass is 283 g/mol. The molecule has 21 heavy (non-hydrogen) atoms. The molecule has 110 valence electrons. The number of nitrogens with one attached hydrogen (secondary N) is 1. The Morgan fingerprint density at radius 2 is 2.00 bits per heavy atom. The van der Waals surface area contributed by atoms with Crippen LogP contribution in [0.15, 0.2) is 18.3 Å². The van der Waals surface area contributed by atoms with E-state index in [1.54, 1.807) is 0 Å². The molecule has 0 saturated carbocycles. The second-order valence-corrected chi connectivity index (χ2v) is 6.04. The summed E-state index contributed by atoms with van der Waals surface area (Å²) < 4.78 is 0. The molecule has 0 unspecified atom stereocenters. The largest absolute Gasteiger partial charge is 0.361 e. The normalized spacial score (nSPS) is 17.3. The van der Waals surface area contributed by atoms with Gasteiger partial charge in [-0.2, -0.15) is 5.26 Å². The summed E-state index contributed by atoms with van der Waals surface area (Å²) in [5.41, 5.74) is 4.65. The van der Waals surface area contributed by atoms with Gasteiger partial charge in [0.2, 0.25) is 0 Å². The van der Waals surface area contributed by atoms with Crippen molar-refractivity contribution in [3.8, 4) is 6.07 Å². The van der Waals surface area contributed by atoms with Gasteiger partial charge in [0, 0.05) is 23.1 Å². The number of aromatic amines is 1. The molecule has 3 heteroatoms. The van der Waals surface area contributed by atoms with Crippen LogP contribution in [-0.2, 0) is 12.8 Å². The molecule has 1 aromatic heterocycles. The molecule has 0 saturated heterocycles. The number of hydrogen-bond acceptors (Lipinski definition) is 2. The lowest BCUT2D eigenvalue weighted by molar-refractivity contribution is 0.192. The molecule has 1 aromatic carbocycles. The van der Waals surface area contributed by atoms with Gasteiger partial charge in [0.05, 0.1) is 11.6 Å². The van der Waals surface area contributed by atoms with Crippen LogP contribution in [0.5, 0.6) is 0 Å². The van der Waals surface area contributed by atoms with Crippen molar-refractivity contribution in [2.24, 2.45) is 0 Å². The third kappa shape index (κ3) is 2.45. The van der Waals surface area contributed by atoms with Crippen LogP contribution in [0.2, 0.25) is 0 Å². The van der Waals surface area contributed by atoms with Crippen molar-refractivity contribution in [1.82, 2.24) is 9.88 Å². The summed E-state index contributed by atoms with van der Waals surface area (Å²) in [5.74, 6) is 0. The zero-order valence-corrected chi connectivity index (χ0v) is 12.9. The Labute approximate surface area is 126 Å². The maximum atomic E-state index is 9.42. The van der Waals surface area contributed by atoms with Gasteiger partial charge in [-0.05, 0) is 62.0 Å². The van der Waals surface area contributed by atoms with Gasteiger partial charge in [0.25, 0.3) is 0 Å². The van der Waals surface area contributed by atoms with Gasteiger partial charge in [0.15, 0.2) is 0 Å². The molecule has 1 aliphatic carbocycles. The van der Waals surface area contributed by atoms with Crippen LogP contribution in [-0.4, -0.2) is 29.0 Å². The maximum absolute atomic E-state index is 9.42. The van der Waals surface area contributed by atoms with E-state index in [1.165, 1.54) is 34.9 Å². The molecule has 3 rings (SSSR count). The average Bonchev–Trinajstić information content (AvgIpc) is 2.92. The zero-order chi connectivity index (χ0) is 14.8. The molecule has 0 fully saturated rings. The summed E-state index contributed by atoms with van der Waals surface area (Å²) >= 11 is 0. The Kier molecular flexibility index (Phi) is 3.98. The SMILES string of the molecule is CCCN(CCC)[C@H]1Cc2c[nH]c3ccc([14C]#N)c(c23)C1. The first-order valence-electron chi connectivity index (χ1n) is 8.04. The minimum absolute atomic E-state index is 0.533. The summed E-state index contributed by atoms with van der Waals surface area (Å²) in [6, 6.07) is 6.92. The van der Waals surface area contributed by atoms with Gasteiger partial charge >= 0.3 is 0 Å². The molecule has 1 aliphatic rings. The Morgan fingerprint density at radius 1 is 1.24 bits per heavy atom. The summed E-state index contributed by atoms with van der Waals surface area (Å²) in [6.45, 7) is 6.79. The van der Waals surface area contributed by atoms with Gasteiger partial charge in [-0.3, -0.25) is 4.90 Å². The average molecular weight is 283 g/mol. The van der Waals surface area contributed by atoms with E-state index in [1.807, 2.05) is 12.1 Å². The second-order valence-electron chi connectivity index (χ2n) is 6.04. The van der Waals surface area contributed by atoms with Crippen LogP contribution in [0.25, 0.3) is 10.9 Å². The van der Waals surface area contributed by atoms with E-state index in [2.05, 4.69) is 36.0 Å². The summed E-state index contributed by atoms with van der Waals surface area (Å²) in [4.78, 5) is 5.97. The lowest BCUT2D eigenvalue weighted by Crippen LogP contribution is -2.41. The van der Waals surface area contributed by atoms with Crippen molar-refractivity contribution in [3.63, 3.8) is 0 Å². The highest BCUT2D eigenvalue weighted by Gasteiger charge is 2.27. The first-order chi connectivity index (χ1) is 10.3. The van der Waals surface area contributed by atoms with E-state index in [-0.39, 0.29) is 0 Å². The van der Waals surface area contributed by atoms with E-state index in [4.69, 9.17) is 0 Å². The lowest BCUT2D eigenvalue weighted by Gasteiger charge is -2.34. The molecule has 3 nitrogen and oxygen atoms in total. The number of benzene rings is 1. The predicted octanol–water partition coefficient (Wildman–Crippen LogP) is 3.63. The smallest absolute Gasteiger partial charge is 0.0994 e.